The minimum Gasteiger partial charge on any atom is -0.375 e. The van der Waals surface area contributed by atoms with Gasteiger partial charge in [0.15, 0.2) is 0 Å². The standard InChI is InChI=1S/C13H9Br2FN2O2/c14-9-4-2-1-3-8(9)7-17-12-5-10(15)11(16)6-13(12)18(19)20/h1-6,17H,7H2. The third-order valence-corrected chi connectivity index (χ3v) is 4.04. The van der Waals surface area contributed by atoms with Crippen LogP contribution in [0.2, 0.25) is 0 Å². The van der Waals surface area contributed by atoms with E-state index >= 15 is 0 Å². The lowest BCUT2D eigenvalue weighted by Gasteiger charge is -2.09. The van der Waals surface area contributed by atoms with Crippen molar-refractivity contribution in [2.24, 2.45) is 0 Å². The largest absolute Gasteiger partial charge is 0.375 e. The Kier molecular flexibility index (Phi) is 4.72. The third kappa shape index (κ3) is 3.34. The van der Waals surface area contributed by atoms with Crippen LogP contribution in [0.5, 0.6) is 0 Å². The van der Waals surface area contributed by atoms with E-state index < -0.39 is 10.7 Å². The van der Waals surface area contributed by atoms with Crippen LogP contribution in [-0.2, 0) is 6.54 Å². The molecule has 0 aliphatic rings. The first-order valence-electron chi connectivity index (χ1n) is 5.59. The van der Waals surface area contributed by atoms with Crippen molar-refractivity contribution in [3.8, 4) is 0 Å². The number of benzene rings is 2. The Labute approximate surface area is 131 Å². The number of hydrogen-bond donors (Lipinski definition) is 1. The Morgan fingerprint density at radius 1 is 1.20 bits per heavy atom. The summed E-state index contributed by atoms with van der Waals surface area (Å²) in [7, 11) is 0. The SMILES string of the molecule is O=[N+]([O-])c1cc(F)c(Br)cc1NCc1ccccc1Br. The lowest BCUT2D eigenvalue weighted by molar-refractivity contribution is -0.384. The monoisotopic (exact) mass is 402 g/mol. The molecule has 0 atom stereocenters. The maximum absolute atomic E-state index is 13.4. The quantitative estimate of drug-likeness (QED) is 0.585. The predicted octanol–water partition coefficient (Wildman–Crippen LogP) is 4.87. The van der Waals surface area contributed by atoms with Crippen molar-refractivity contribution in [3.05, 3.63) is 66.8 Å². The highest BCUT2D eigenvalue weighted by Crippen LogP contribution is 2.31. The average Bonchev–Trinajstić information content (AvgIpc) is 2.41. The van der Waals surface area contributed by atoms with Gasteiger partial charge in [-0.3, -0.25) is 10.1 Å². The minimum atomic E-state index is -0.664. The summed E-state index contributed by atoms with van der Waals surface area (Å²) in [4.78, 5) is 10.3. The number of hydrogen-bond acceptors (Lipinski definition) is 3. The fourth-order valence-electron chi connectivity index (χ4n) is 1.66. The Hall–Kier alpha value is -1.47. The van der Waals surface area contributed by atoms with Gasteiger partial charge in [-0.05, 0) is 33.6 Å². The molecule has 0 aliphatic carbocycles. The number of rotatable bonds is 4. The normalized spacial score (nSPS) is 10.3. The van der Waals surface area contributed by atoms with Gasteiger partial charge in [0.05, 0.1) is 15.5 Å². The molecule has 0 saturated heterocycles. The molecule has 0 spiro atoms. The molecule has 2 aromatic rings. The van der Waals surface area contributed by atoms with Crippen molar-refractivity contribution in [3.63, 3.8) is 0 Å². The molecule has 0 heterocycles. The van der Waals surface area contributed by atoms with E-state index in [1.807, 2.05) is 24.3 Å². The highest BCUT2D eigenvalue weighted by atomic mass is 79.9. The molecule has 0 unspecified atom stereocenters. The van der Waals surface area contributed by atoms with E-state index in [9.17, 15) is 14.5 Å². The van der Waals surface area contributed by atoms with E-state index in [1.165, 1.54) is 6.07 Å². The van der Waals surface area contributed by atoms with Crippen LogP contribution in [0.25, 0.3) is 0 Å². The lowest BCUT2D eigenvalue weighted by Crippen LogP contribution is -2.04. The van der Waals surface area contributed by atoms with Crippen molar-refractivity contribution >= 4 is 43.2 Å². The highest BCUT2D eigenvalue weighted by Gasteiger charge is 2.17. The average molecular weight is 404 g/mol. The molecule has 20 heavy (non-hydrogen) atoms. The number of nitrogens with zero attached hydrogens (tertiary/aromatic N) is 1. The summed E-state index contributed by atoms with van der Waals surface area (Å²) in [6.07, 6.45) is 0. The maximum Gasteiger partial charge on any atom is 0.295 e. The summed E-state index contributed by atoms with van der Waals surface area (Å²) in [5, 5.41) is 13.9. The molecule has 0 bridgehead atoms. The Morgan fingerprint density at radius 2 is 1.90 bits per heavy atom. The minimum absolute atomic E-state index is 0.178. The number of nitro groups is 1. The summed E-state index contributed by atoms with van der Waals surface area (Å²) in [6, 6.07) is 9.78. The van der Waals surface area contributed by atoms with Crippen molar-refractivity contribution in [1.82, 2.24) is 0 Å². The second-order valence-corrected chi connectivity index (χ2v) is 5.69. The van der Waals surface area contributed by atoms with E-state index in [4.69, 9.17) is 0 Å². The topological polar surface area (TPSA) is 55.2 Å². The molecule has 7 heteroatoms. The first kappa shape index (κ1) is 14.9. The van der Waals surface area contributed by atoms with Crippen LogP contribution in [0, 0.1) is 15.9 Å². The second kappa shape index (κ2) is 6.32. The molecule has 4 nitrogen and oxygen atoms in total. The fourth-order valence-corrected chi connectivity index (χ4v) is 2.43. The van der Waals surface area contributed by atoms with E-state index in [2.05, 4.69) is 37.2 Å². The van der Waals surface area contributed by atoms with Gasteiger partial charge in [0.2, 0.25) is 0 Å². The molecular weight excluding hydrogens is 395 g/mol. The van der Waals surface area contributed by atoms with Gasteiger partial charge in [0, 0.05) is 11.0 Å². The summed E-state index contributed by atoms with van der Waals surface area (Å²) < 4.78 is 14.4. The van der Waals surface area contributed by atoms with Crippen LogP contribution in [0.15, 0.2) is 45.3 Å². The molecule has 0 radical (unpaired) electrons. The molecule has 0 amide bonds. The third-order valence-electron chi connectivity index (χ3n) is 2.66. The molecule has 2 rings (SSSR count). The van der Waals surface area contributed by atoms with Gasteiger partial charge in [0.25, 0.3) is 5.69 Å². The van der Waals surface area contributed by atoms with Gasteiger partial charge in [-0.25, -0.2) is 4.39 Å². The van der Waals surface area contributed by atoms with Crippen molar-refractivity contribution in [2.75, 3.05) is 5.32 Å². The Morgan fingerprint density at radius 3 is 2.55 bits per heavy atom. The van der Waals surface area contributed by atoms with Gasteiger partial charge in [-0.1, -0.05) is 34.1 Å². The zero-order chi connectivity index (χ0) is 14.7. The molecule has 0 saturated carbocycles. The van der Waals surface area contributed by atoms with E-state index in [0.717, 1.165) is 16.1 Å². The van der Waals surface area contributed by atoms with Gasteiger partial charge in [0.1, 0.15) is 11.5 Å². The van der Waals surface area contributed by atoms with Crippen molar-refractivity contribution < 1.29 is 9.31 Å². The van der Waals surface area contributed by atoms with E-state index in [0.29, 0.717) is 6.54 Å². The van der Waals surface area contributed by atoms with Crippen LogP contribution < -0.4 is 5.32 Å². The summed E-state index contributed by atoms with van der Waals surface area (Å²) in [5.74, 6) is -0.664. The first-order valence-corrected chi connectivity index (χ1v) is 7.18. The van der Waals surface area contributed by atoms with E-state index in [-0.39, 0.29) is 15.8 Å². The zero-order valence-electron chi connectivity index (χ0n) is 10.1. The molecule has 0 aliphatic heterocycles. The summed E-state index contributed by atoms with van der Waals surface area (Å²) in [5.41, 5.74) is 0.916. The fraction of sp³-hybridized carbons (Fsp3) is 0.0769. The molecule has 2 aromatic carbocycles. The molecular formula is C13H9Br2FN2O2. The molecule has 104 valence electrons. The first-order chi connectivity index (χ1) is 9.49. The second-order valence-electron chi connectivity index (χ2n) is 3.99. The lowest BCUT2D eigenvalue weighted by atomic mass is 10.2. The maximum atomic E-state index is 13.4. The Balaban J connectivity index is 2.27. The summed E-state index contributed by atoms with van der Waals surface area (Å²) in [6.45, 7) is 0.389. The zero-order valence-corrected chi connectivity index (χ0v) is 13.2. The highest BCUT2D eigenvalue weighted by molar-refractivity contribution is 9.10. The predicted molar refractivity (Wildman–Crippen MR) is 82.2 cm³/mol. The Bertz CT molecular complexity index is 665. The van der Waals surface area contributed by atoms with Crippen LogP contribution in [0.1, 0.15) is 5.56 Å². The molecule has 0 fully saturated rings. The van der Waals surface area contributed by atoms with Gasteiger partial charge in [-0.15, -0.1) is 0 Å². The van der Waals surface area contributed by atoms with Gasteiger partial charge in [-0.2, -0.15) is 0 Å². The van der Waals surface area contributed by atoms with Gasteiger partial charge >= 0.3 is 0 Å². The molecule has 1 N–H and O–H groups in total. The number of anilines is 1. The summed E-state index contributed by atoms with van der Waals surface area (Å²) >= 11 is 6.42. The molecule has 0 aromatic heterocycles. The van der Waals surface area contributed by atoms with Crippen LogP contribution in [-0.4, -0.2) is 4.92 Å². The van der Waals surface area contributed by atoms with Crippen LogP contribution in [0.4, 0.5) is 15.8 Å². The van der Waals surface area contributed by atoms with E-state index in [1.54, 1.807) is 0 Å². The van der Waals surface area contributed by atoms with Crippen LogP contribution >= 0.6 is 31.9 Å². The van der Waals surface area contributed by atoms with Crippen LogP contribution in [0.3, 0.4) is 0 Å². The smallest absolute Gasteiger partial charge is 0.295 e. The number of nitrogens with one attached hydrogen (secondary N) is 1. The van der Waals surface area contributed by atoms with Crippen molar-refractivity contribution in [2.45, 2.75) is 6.54 Å². The van der Waals surface area contributed by atoms with Gasteiger partial charge < -0.3 is 5.32 Å². The number of nitro benzene ring substituents is 1. The number of halogens is 3. The van der Waals surface area contributed by atoms with Crippen molar-refractivity contribution in [1.29, 1.82) is 0 Å².